The first kappa shape index (κ1) is 15.4. The normalized spacial score (nSPS) is 11.2. The fraction of sp³-hybridized carbons (Fsp3) is 0.417. The highest BCUT2D eigenvalue weighted by atomic mass is 79.9. The van der Waals surface area contributed by atoms with Gasteiger partial charge >= 0.3 is 6.16 Å². The summed E-state index contributed by atoms with van der Waals surface area (Å²) in [7, 11) is 0. The molecule has 7 heteroatoms. The Morgan fingerprint density at radius 2 is 2.05 bits per heavy atom. The standard InChI is InChI=1S/C12H14BrNO5/c1-12(2,3)8-5-4-7(6-19-11(15)16)9(13)10(8)14(17)18/h4-5H,6H2,1-3H3,(H,15,16). The first-order valence-corrected chi connectivity index (χ1v) is 6.26. The zero-order valence-electron chi connectivity index (χ0n) is 10.8. The fourth-order valence-corrected chi connectivity index (χ4v) is 2.25. The van der Waals surface area contributed by atoms with Gasteiger partial charge in [-0.2, -0.15) is 0 Å². The van der Waals surface area contributed by atoms with Crippen molar-refractivity contribution in [1.82, 2.24) is 0 Å². The van der Waals surface area contributed by atoms with Gasteiger partial charge in [-0.15, -0.1) is 0 Å². The Labute approximate surface area is 118 Å². The number of carboxylic acid groups (broad SMARTS) is 1. The van der Waals surface area contributed by atoms with Crippen molar-refractivity contribution in [3.8, 4) is 0 Å². The van der Waals surface area contributed by atoms with Crippen LogP contribution in [0.15, 0.2) is 16.6 Å². The minimum absolute atomic E-state index is 0.0565. The van der Waals surface area contributed by atoms with Crippen LogP contribution in [0.25, 0.3) is 0 Å². The topological polar surface area (TPSA) is 89.7 Å². The van der Waals surface area contributed by atoms with Crippen LogP contribution >= 0.6 is 15.9 Å². The minimum Gasteiger partial charge on any atom is -0.450 e. The highest BCUT2D eigenvalue weighted by Crippen LogP contribution is 2.38. The Kier molecular flexibility index (Phi) is 4.52. The van der Waals surface area contributed by atoms with Crippen LogP contribution in [0.5, 0.6) is 0 Å². The van der Waals surface area contributed by atoms with E-state index in [1.54, 1.807) is 12.1 Å². The van der Waals surface area contributed by atoms with E-state index < -0.39 is 16.5 Å². The highest BCUT2D eigenvalue weighted by molar-refractivity contribution is 9.10. The van der Waals surface area contributed by atoms with Gasteiger partial charge in [-0.3, -0.25) is 10.1 Å². The van der Waals surface area contributed by atoms with E-state index in [-0.39, 0.29) is 16.8 Å². The number of rotatable bonds is 3. The zero-order valence-corrected chi connectivity index (χ0v) is 12.4. The van der Waals surface area contributed by atoms with E-state index in [2.05, 4.69) is 20.7 Å². The Balaban J connectivity index is 3.31. The largest absolute Gasteiger partial charge is 0.506 e. The van der Waals surface area contributed by atoms with E-state index in [0.29, 0.717) is 11.1 Å². The van der Waals surface area contributed by atoms with Crippen molar-refractivity contribution in [3.63, 3.8) is 0 Å². The van der Waals surface area contributed by atoms with E-state index in [1.165, 1.54) is 0 Å². The number of nitrogens with zero attached hydrogens (tertiary/aromatic N) is 1. The van der Waals surface area contributed by atoms with Gasteiger partial charge in [0.25, 0.3) is 5.69 Å². The van der Waals surface area contributed by atoms with Crippen molar-refractivity contribution in [3.05, 3.63) is 37.8 Å². The molecule has 0 bridgehead atoms. The van der Waals surface area contributed by atoms with Gasteiger partial charge in [0.2, 0.25) is 0 Å². The Morgan fingerprint density at radius 3 is 2.47 bits per heavy atom. The van der Waals surface area contributed by atoms with Crippen LogP contribution < -0.4 is 0 Å². The van der Waals surface area contributed by atoms with Crippen LogP contribution in [-0.2, 0) is 16.8 Å². The predicted molar refractivity (Wildman–Crippen MR) is 72.3 cm³/mol. The fourth-order valence-electron chi connectivity index (χ4n) is 1.64. The average Bonchev–Trinajstić information content (AvgIpc) is 2.24. The number of benzene rings is 1. The molecule has 0 atom stereocenters. The first-order valence-electron chi connectivity index (χ1n) is 5.46. The number of nitro benzene ring substituents is 1. The summed E-state index contributed by atoms with van der Waals surface area (Å²) >= 11 is 3.16. The summed E-state index contributed by atoms with van der Waals surface area (Å²) in [5.41, 5.74) is 0.543. The van der Waals surface area contributed by atoms with E-state index in [1.807, 2.05) is 20.8 Å². The van der Waals surface area contributed by atoms with Crippen molar-refractivity contribution in [2.45, 2.75) is 32.8 Å². The van der Waals surface area contributed by atoms with Crippen molar-refractivity contribution in [2.24, 2.45) is 0 Å². The Hall–Kier alpha value is -1.63. The molecule has 1 N–H and O–H groups in total. The highest BCUT2D eigenvalue weighted by Gasteiger charge is 2.29. The third-order valence-electron chi connectivity index (χ3n) is 2.54. The lowest BCUT2D eigenvalue weighted by atomic mass is 9.85. The maximum Gasteiger partial charge on any atom is 0.506 e. The van der Waals surface area contributed by atoms with Crippen molar-refractivity contribution >= 4 is 27.8 Å². The van der Waals surface area contributed by atoms with Crippen LogP contribution in [0.4, 0.5) is 10.5 Å². The van der Waals surface area contributed by atoms with Crippen molar-refractivity contribution in [1.29, 1.82) is 0 Å². The number of halogens is 1. The Morgan fingerprint density at radius 1 is 1.47 bits per heavy atom. The lowest BCUT2D eigenvalue weighted by molar-refractivity contribution is -0.386. The molecule has 1 rings (SSSR count). The molecule has 0 unspecified atom stereocenters. The second-order valence-corrected chi connectivity index (χ2v) is 5.79. The quantitative estimate of drug-likeness (QED) is 0.516. The second-order valence-electron chi connectivity index (χ2n) is 5.00. The zero-order chi connectivity index (χ0) is 14.8. The molecule has 0 aliphatic carbocycles. The molecular weight excluding hydrogens is 318 g/mol. The molecule has 19 heavy (non-hydrogen) atoms. The van der Waals surface area contributed by atoms with Gasteiger partial charge in [-0.05, 0) is 21.3 Å². The maximum absolute atomic E-state index is 11.2. The van der Waals surface area contributed by atoms with Crippen LogP contribution in [0.3, 0.4) is 0 Å². The number of carbonyl (C=O) groups is 1. The van der Waals surface area contributed by atoms with Gasteiger partial charge in [0.05, 0.1) is 4.92 Å². The maximum atomic E-state index is 11.2. The van der Waals surface area contributed by atoms with E-state index >= 15 is 0 Å². The van der Waals surface area contributed by atoms with Crippen molar-refractivity contribution in [2.75, 3.05) is 0 Å². The molecule has 1 aromatic carbocycles. The van der Waals surface area contributed by atoms with E-state index in [9.17, 15) is 14.9 Å². The average molecular weight is 332 g/mol. The summed E-state index contributed by atoms with van der Waals surface area (Å²) in [6.07, 6.45) is -1.42. The third kappa shape index (κ3) is 3.66. The molecule has 104 valence electrons. The first-order chi connectivity index (χ1) is 8.64. The molecule has 0 fully saturated rings. The Bertz CT molecular complexity index is 522. The number of ether oxygens (including phenoxy) is 1. The summed E-state index contributed by atoms with van der Waals surface area (Å²) in [5.74, 6) is 0. The summed E-state index contributed by atoms with van der Waals surface area (Å²) in [6.45, 7) is 5.38. The smallest absolute Gasteiger partial charge is 0.450 e. The summed E-state index contributed by atoms with van der Waals surface area (Å²) in [5, 5.41) is 19.7. The molecule has 0 saturated heterocycles. The van der Waals surface area contributed by atoms with Crippen LogP contribution in [0.1, 0.15) is 31.9 Å². The molecule has 1 aromatic rings. The minimum atomic E-state index is -1.42. The van der Waals surface area contributed by atoms with Gasteiger partial charge in [-0.25, -0.2) is 4.79 Å². The lowest BCUT2D eigenvalue weighted by Gasteiger charge is -2.20. The van der Waals surface area contributed by atoms with Crippen molar-refractivity contribution < 1.29 is 19.6 Å². The van der Waals surface area contributed by atoms with Gasteiger partial charge < -0.3 is 9.84 Å². The summed E-state index contributed by atoms with van der Waals surface area (Å²) < 4.78 is 4.69. The molecule has 0 saturated carbocycles. The van der Waals surface area contributed by atoms with Crippen LogP contribution in [0, 0.1) is 10.1 Å². The van der Waals surface area contributed by atoms with Crippen LogP contribution in [0.2, 0.25) is 0 Å². The van der Waals surface area contributed by atoms with Gasteiger partial charge in [0.15, 0.2) is 0 Å². The molecule has 0 spiro atoms. The number of hydrogen-bond donors (Lipinski definition) is 1. The molecule has 0 heterocycles. The molecule has 0 aliphatic rings. The number of nitro groups is 1. The van der Waals surface area contributed by atoms with Gasteiger partial charge in [-0.1, -0.05) is 32.9 Å². The molecule has 0 radical (unpaired) electrons. The van der Waals surface area contributed by atoms with E-state index in [4.69, 9.17) is 5.11 Å². The second kappa shape index (κ2) is 5.56. The molecule has 0 aliphatic heterocycles. The van der Waals surface area contributed by atoms with Crippen LogP contribution in [-0.4, -0.2) is 16.2 Å². The van der Waals surface area contributed by atoms with E-state index in [0.717, 1.165) is 0 Å². The predicted octanol–water partition coefficient (Wildman–Crippen LogP) is 3.85. The summed E-state index contributed by atoms with van der Waals surface area (Å²) in [4.78, 5) is 21.1. The van der Waals surface area contributed by atoms with Gasteiger partial charge in [0, 0.05) is 11.1 Å². The molecule has 0 aromatic heterocycles. The summed E-state index contributed by atoms with van der Waals surface area (Å²) in [6, 6.07) is 3.25. The van der Waals surface area contributed by atoms with Gasteiger partial charge in [0.1, 0.15) is 11.1 Å². The number of hydrogen-bond acceptors (Lipinski definition) is 4. The molecule has 6 nitrogen and oxygen atoms in total. The lowest BCUT2D eigenvalue weighted by Crippen LogP contribution is -2.15. The monoisotopic (exact) mass is 331 g/mol. The molecular formula is C12H14BrNO5. The SMILES string of the molecule is CC(C)(C)c1ccc(COC(=O)O)c(Br)c1[N+](=O)[O-]. The molecule has 0 amide bonds. The third-order valence-corrected chi connectivity index (χ3v) is 3.42.